The molecule has 0 unspecified atom stereocenters. The van der Waals surface area contributed by atoms with E-state index < -0.39 is 0 Å². The summed E-state index contributed by atoms with van der Waals surface area (Å²) in [6.07, 6.45) is 5.49. The van der Waals surface area contributed by atoms with Crippen LogP contribution in [0.3, 0.4) is 0 Å². The lowest BCUT2D eigenvalue weighted by atomic mass is 9.83. The minimum atomic E-state index is -0.00488. The lowest BCUT2D eigenvalue weighted by Crippen LogP contribution is -2.51. The summed E-state index contributed by atoms with van der Waals surface area (Å²) in [4.78, 5) is 12.0. The standard InChI is InChI=1S/C13H14ClNO/c14-11-5-3-4-9-10(11)8-13(15-12(9)16)6-1-2-7-13/h3-5H,1-2,6-8H2,(H,15,16). The van der Waals surface area contributed by atoms with E-state index in [1.54, 1.807) is 0 Å². The maximum atomic E-state index is 12.0. The van der Waals surface area contributed by atoms with E-state index in [2.05, 4.69) is 5.32 Å². The molecule has 1 N–H and O–H groups in total. The zero-order chi connectivity index (χ0) is 11.2. The Morgan fingerprint density at radius 1 is 1.25 bits per heavy atom. The third-order valence-electron chi connectivity index (χ3n) is 3.82. The van der Waals surface area contributed by atoms with Gasteiger partial charge < -0.3 is 5.32 Å². The molecule has 1 aromatic carbocycles. The SMILES string of the molecule is O=C1NC2(CCCC2)Cc2c(Cl)cccc21. The Kier molecular flexibility index (Phi) is 2.21. The summed E-state index contributed by atoms with van der Waals surface area (Å²) in [6.45, 7) is 0. The molecule has 0 aromatic heterocycles. The maximum Gasteiger partial charge on any atom is 0.252 e. The summed E-state index contributed by atoms with van der Waals surface area (Å²) in [6, 6.07) is 5.58. The highest BCUT2D eigenvalue weighted by molar-refractivity contribution is 6.32. The van der Waals surface area contributed by atoms with E-state index in [1.807, 2.05) is 18.2 Å². The third-order valence-corrected chi connectivity index (χ3v) is 4.17. The number of halogens is 1. The predicted octanol–water partition coefficient (Wildman–Crippen LogP) is 2.94. The molecule has 3 rings (SSSR count). The van der Waals surface area contributed by atoms with Gasteiger partial charge in [0.05, 0.1) is 0 Å². The molecular weight excluding hydrogens is 222 g/mol. The van der Waals surface area contributed by atoms with E-state index in [0.717, 1.165) is 35.4 Å². The van der Waals surface area contributed by atoms with Gasteiger partial charge in [0.15, 0.2) is 0 Å². The number of rotatable bonds is 0. The Labute approximate surface area is 100.0 Å². The van der Waals surface area contributed by atoms with Gasteiger partial charge in [0.1, 0.15) is 0 Å². The van der Waals surface area contributed by atoms with Crippen LogP contribution in [0.1, 0.15) is 41.6 Å². The van der Waals surface area contributed by atoms with Crippen molar-refractivity contribution >= 4 is 17.5 Å². The van der Waals surface area contributed by atoms with Crippen molar-refractivity contribution in [1.29, 1.82) is 0 Å². The van der Waals surface area contributed by atoms with E-state index in [1.165, 1.54) is 12.8 Å². The monoisotopic (exact) mass is 235 g/mol. The second-order valence-electron chi connectivity index (χ2n) is 4.88. The number of nitrogens with one attached hydrogen (secondary N) is 1. The van der Waals surface area contributed by atoms with Crippen LogP contribution in [-0.4, -0.2) is 11.4 Å². The second kappa shape index (κ2) is 3.49. The maximum absolute atomic E-state index is 12.0. The normalized spacial score (nSPS) is 21.9. The molecule has 2 nitrogen and oxygen atoms in total. The Hall–Kier alpha value is -1.02. The van der Waals surface area contributed by atoms with Gasteiger partial charge in [-0.05, 0) is 37.0 Å². The van der Waals surface area contributed by atoms with E-state index in [9.17, 15) is 4.79 Å². The number of carbonyl (C=O) groups is 1. The molecule has 1 fully saturated rings. The van der Waals surface area contributed by atoms with Gasteiger partial charge in [-0.1, -0.05) is 30.5 Å². The number of fused-ring (bicyclic) bond motifs is 1. The third kappa shape index (κ3) is 1.44. The van der Waals surface area contributed by atoms with E-state index in [4.69, 9.17) is 11.6 Å². The zero-order valence-corrected chi connectivity index (χ0v) is 9.81. The van der Waals surface area contributed by atoms with E-state index in [-0.39, 0.29) is 11.4 Å². The summed E-state index contributed by atoms with van der Waals surface area (Å²) in [7, 11) is 0. The fourth-order valence-corrected chi connectivity index (χ4v) is 3.24. The molecule has 1 saturated carbocycles. The van der Waals surface area contributed by atoms with Crippen LogP contribution in [0.15, 0.2) is 18.2 Å². The van der Waals surface area contributed by atoms with Crippen LogP contribution >= 0.6 is 11.6 Å². The molecule has 2 aliphatic rings. The smallest absolute Gasteiger partial charge is 0.252 e. The highest BCUT2D eigenvalue weighted by Gasteiger charge is 2.40. The van der Waals surface area contributed by atoms with E-state index >= 15 is 0 Å². The van der Waals surface area contributed by atoms with Gasteiger partial charge in [-0.3, -0.25) is 4.79 Å². The van der Waals surface area contributed by atoms with Crippen LogP contribution in [0.5, 0.6) is 0 Å². The van der Waals surface area contributed by atoms with Crippen LogP contribution in [0.4, 0.5) is 0 Å². The minimum Gasteiger partial charge on any atom is -0.346 e. The van der Waals surface area contributed by atoms with Crippen LogP contribution < -0.4 is 5.32 Å². The molecule has 1 aliphatic heterocycles. The predicted molar refractivity (Wildman–Crippen MR) is 63.8 cm³/mol. The summed E-state index contributed by atoms with van der Waals surface area (Å²) in [5.74, 6) is 0.0469. The number of hydrogen-bond acceptors (Lipinski definition) is 1. The number of amides is 1. The van der Waals surface area contributed by atoms with Crippen molar-refractivity contribution in [2.24, 2.45) is 0 Å². The van der Waals surface area contributed by atoms with Crippen LogP contribution in [0, 0.1) is 0 Å². The van der Waals surface area contributed by atoms with Crippen molar-refractivity contribution in [3.63, 3.8) is 0 Å². The van der Waals surface area contributed by atoms with E-state index in [0.29, 0.717) is 0 Å². The first kappa shape index (κ1) is 10.2. The Morgan fingerprint density at radius 3 is 2.75 bits per heavy atom. The molecule has 0 radical (unpaired) electrons. The molecule has 0 atom stereocenters. The first-order valence-corrected chi connectivity index (χ1v) is 6.18. The first-order chi connectivity index (χ1) is 7.70. The Balaban J connectivity index is 2.07. The topological polar surface area (TPSA) is 29.1 Å². The van der Waals surface area contributed by atoms with Crippen LogP contribution in [0.25, 0.3) is 0 Å². The van der Waals surface area contributed by atoms with Gasteiger partial charge in [-0.15, -0.1) is 0 Å². The molecule has 0 bridgehead atoms. The quantitative estimate of drug-likeness (QED) is 0.736. The molecule has 16 heavy (non-hydrogen) atoms. The largest absolute Gasteiger partial charge is 0.346 e. The summed E-state index contributed by atoms with van der Waals surface area (Å²) < 4.78 is 0. The average Bonchev–Trinajstić information content (AvgIpc) is 2.68. The van der Waals surface area contributed by atoms with Crippen molar-refractivity contribution in [3.05, 3.63) is 34.3 Å². The fraction of sp³-hybridized carbons (Fsp3) is 0.462. The fourth-order valence-electron chi connectivity index (χ4n) is 3.00. The average molecular weight is 236 g/mol. The molecule has 1 aliphatic carbocycles. The van der Waals surface area contributed by atoms with Crippen molar-refractivity contribution in [2.45, 2.75) is 37.6 Å². The van der Waals surface area contributed by atoms with Crippen LogP contribution in [-0.2, 0) is 6.42 Å². The molecule has 3 heteroatoms. The summed E-state index contributed by atoms with van der Waals surface area (Å²) in [5.41, 5.74) is 1.79. The molecule has 1 spiro atoms. The number of benzene rings is 1. The van der Waals surface area contributed by atoms with Gasteiger partial charge in [0.25, 0.3) is 5.91 Å². The Morgan fingerprint density at radius 2 is 2.00 bits per heavy atom. The van der Waals surface area contributed by atoms with Crippen molar-refractivity contribution < 1.29 is 4.79 Å². The highest BCUT2D eigenvalue weighted by Crippen LogP contribution is 2.38. The second-order valence-corrected chi connectivity index (χ2v) is 5.29. The molecular formula is C13H14ClNO. The summed E-state index contributed by atoms with van der Waals surface area (Å²) >= 11 is 6.19. The van der Waals surface area contributed by atoms with Gasteiger partial charge in [-0.2, -0.15) is 0 Å². The number of carbonyl (C=O) groups excluding carboxylic acids is 1. The lowest BCUT2D eigenvalue weighted by Gasteiger charge is -2.36. The van der Waals surface area contributed by atoms with Crippen LogP contribution in [0.2, 0.25) is 5.02 Å². The van der Waals surface area contributed by atoms with Gasteiger partial charge in [-0.25, -0.2) is 0 Å². The molecule has 0 saturated heterocycles. The zero-order valence-electron chi connectivity index (χ0n) is 9.05. The molecule has 1 aromatic rings. The summed E-state index contributed by atoms with van der Waals surface area (Å²) in [5, 5.41) is 3.91. The highest BCUT2D eigenvalue weighted by atomic mass is 35.5. The number of hydrogen-bond donors (Lipinski definition) is 1. The minimum absolute atomic E-state index is 0.00488. The van der Waals surface area contributed by atoms with Crippen molar-refractivity contribution in [1.82, 2.24) is 5.32 Å². The first-order valence-electron chi connectivity index (χ1n) is 5.80. The van der Waals surface area contributed by atoms with Gasteiger partial charge >= 0.3 is 0 Å². The molecule has 1 heterocycles. The van der Waals surface area contributed by atoms with Crippen molar-refractivity contribution in [3.8, 4) is 0 Å². The molecule has 84 valence electrons. The molecule has 1 amide bonds. The van der Waals surface area contributed by atoms with Gasteiger partial charge in [0.2, 0.25) is 0 Å². The van der Waals surface area contributed by atoms with Crippen molar-refractivity contribution in [2.75, 3.05) is 0 Å². The van der Waals surface area contributed by atoms with Gasteiger partial charge in [0, 0.05) is 16.1 Å². The Bertz CT molecular complexity index is 449. The lowest BCUT2D eigenvalue weighted by molar-refractivity contribution is 0.0881.